The van der Waals surface area contributed by atoms with Crippen LogP contribution in [0, 0.1) is 5.92 Å². The number of hydrogen-bond acceptors (Lipinski definition) is 5. The molecule has 3 aromatic rings. The fraction of sp³-hybridized carbons (Fsp3) is 0.381. The van der Waals surface area contributed by atoms with E-state index in [2.05, 4.69) is 24.1 Å². The fourth-order valence-electron chi connectivity index (χ4n) is 2.74. The second-order valence-electron chi connectivity index (χ2n) is 7.19. The first-order valence-corrected chi connectivity index (χ1v) is 11.1. The quantitative estimate of drug-likeness (QED) is 0.461. The van der Waals surface area contributed by atoms with Gasteiger partial charge in [-0.15, -0.1) is 11.3 Å². The van der Waals surface area contributed by atoms with Crippen LogP contribution in [0.4, 0.5) is 0 Å². The predicted molar refractivity (Wildman–Crippen MR) is 118 cm³/mol. The number of benzene rings is 1. The van der Waals surface area contributed by atoms with Crippen molar-refractivity contribution in [2.45, 2.75) is 37.6 Å². The molecule has 7 heteroatoms. The zero-order chi connectivity index (χ0) is 20.3. The van der Waals surface area contributed by atoms with E-state index in [0.717, 1.165) is 16.9 Å². The summed E-state index contributed by atoms with van der Waals surface area (Å²) in [4.78, 5) is 31.5. The fourth-order valence-corrected chi connectivity index (χ4v) is 4.71. The molecule has 1 amide bonds. The molecule has 0 aliphatic heterocycles. The Kier molecular flexibility index (Phi) is 6.57. The van der Waals surface area contributed by atoms with Gasteiger partial charge in [-0.2, -0.15) is 0 Å². The molecule has 1 atom stereocenters. The summed E-state index contributed by atoms with van der Waals surface area (Å²) in [5.74, 6) is 0.516. The zero-order valence-corrected chi connectivity index (χ0v) is 18.2. The van der Waals surface area contributed by atoms with E-state index in [9.17, 15) is 9.59 Å². The Morgan fingerprint density at radius 2 is 1.96 bits per heavy atom. The maximum atomic E-state index is 12.8. The number of hydrogen-bond donors (Lipinski definition) is 1. The van der Waals surface area contributed by atoms with E-state index in [-0.39, 0.29) is 16.7 Å². The molecule has 0 fully saturated rings. The average Bonchev–Trinajstić information content (AvgIpc) is 3.10. The Bertz CT molecular complexity index is 1030. The number of aromatic nitrogens is 2. The van der Waals surface area contributed by atoms with Gasteiger partial charge in [0, 0.05) is 18.5 Å². The van der Waals surface area contributed by atoms with Crippen LogP contribution < -0.4 is 10.9 Å². The molecule has 148 valence electrons. The van der Waals surface area contributed by atoms with Crippen LogP contribution in [0.3, 0.4) is 0 Å². The number of carbonyl (C=O) groups excluding carboxylic acids is 1. The van der Waals surface area contributed by atoms with E-state index in [0.29, 0.717) is 27.8 Å². The summed E-state index contributed by atoms with van der Waals surface area (Å²) in [6, 6.07) is 11.9. The molecule has 1 unspecified atom stereocenters. The molecule has 0 radical (unpaired) electrons. The van der Waals surface area contributed by atoms with Crippen molar-refractivity contribution in [1.29, 1.82) is 0 Å². The smallest absolute Gasteiger partial charge is 0.262 e. The summed E-state index contributed by atoms with van der Waals surface area (Å²) < 4.78 is 1.53. The first kappa shape index (κ1) is 20.6. The highest BCUT2D eigenvalue weighted by Gasteiger charge is 2.19. The Morgan fingerprint density at radius 1 is 1.25 bits per heavy atom. The maximum absolute atomic E-state index is 12.8. The molecule has 1 aromatic carbocycles. The van der Waals surface area contributed by atoms with Crippen LogP contribution in [0.25, 0.3) is 20.7 Å². The number of nitrogens with one attached hydrogen (secondary N) is 1. The largest absolute Gasteiger partial charge is 0.355 e. The summed E-state index contributed by atoms with van der Waals surface area (Å²) in [7, 11) is 1.71. The van der Waals surface area contributed by atoms with Crippen molar-refractivity contribution in [1.82, 2.24) is 14.9 Å². The van der Waals surface area contributed by atoms with Crippen molar-refractivity contribution in [3.05, 3.63) is 46.8 Å². The molecule has 0 saturated heterocycles. The minimum Gasteiger partial charge on any atom is -0.355 e. The van der Waals surface area contributed by atoms with Crippen LogP contribution in [-0.2, 0) is 11.8 Å². The lowest BCUT2D eigenvalue weighted by molar-refractivity contribution is -0.120. The molecule has 0 spiro atoms. The molecule has 0 saturated carbocycles. The van der Waals surface area contributed by atoms with Gasteiger partial charge in [0.05, 0.1) is 10.6 Å². The third-order valence-corrected chi connectivity index (χ3v) is 6.68. The number of thioether (sulfide) groups is 1. The number of fused-ring (bicyclic) bond motifs is 1. The van der Waals surface area contributed by atoms with E-state index < -0.39 is 0 Å². The third-order valence-electron chi connectivity index (χ3n) is 4.46. The van der Waals surface area contributed by atoms with Crippen molar-refractivity contribution in [3.8, 4) is 10.4 Å². The Morgan fingerprint density at radius 3 is 2.64 bits per heavy atom. The number of thiophene rings is 1. The van der Waals surface area contributed by atoms with Gasteiger partial charge < -0.3 is 5.32 Å². The molecule has 0 aliphatic rings. The van der Waals surface area contributed by atoms with Gasteiger partial charge in [0.15, 0.2) is 5.16 Å². The molecular weight excluding hydrogens is 390 g/mol. The molecule has 2 heterocycles. The summed E-state index contributed by atoms with van der Waals surface area (Å²) in [6.07, 6.45) is 0.948. The van der Waals surface area contributed by atoms with E-state index in [1.165, 1.54) is 27.7 Å². The lowest BCUT2D eigenvalue weighted by Gasteiger charge is -2.14. The van der Waals surface area contributed by atoms with Crippen molar-refractivity contribution in [2.75, 3.05) is 6.54 Å². The predicted octanol–water partition coefficient (Wildman–Crippen LogP) is 4.30. The number of rotatable bonds is 7. The molecule has 0 aliphatic carbocycles. The van der Waals surface area contributed by atoms with Crippen LogP contribution in [0.2, 0.25) is 0 Å². The van der Waals surface area contributed by atoms with E-state index in [1.807, 2.05) is 43.3 Å². The lowest BCUT2D eigenvalue weighted by atomic mass is 10.1. The van der Waals surface area contributed by atoms with E-state index in [1.54, 1.807) is 7.05 Å². The van der Waals surface area contributed by atoms with Crippen molar-refractivity contribution < 1.29 is 4.79 Å². The lowest BCUT2D eigenvalue weighted by Crippen LogP contribution is -2.32. The summed E-state index contributed by atoms with van der Waals surface area (Å²) in [5, 5.41) is 3.81. The van der Waals surface area contributed by atoms with Crippen molar-refractivity contribution in [3.63, 3.8) is 0 Å². The molecule has 28 heavy (non-hydrogen) atoms. The minimum atomic E-state index is -0.323. The summed E-state index contributed by atoms with van der Waals surface area (Å²) in [6.45, 7) is 6.77. The topological polar surface area (TPSA) is 64.0 Å². The second kappa shape index (κ2) is 8.92. The Hall–Kier alpha value is -2.12. The molecule has 2 aromatic heterocycles. The van der Waals surface area contributed by atoms with Gasteiger partial charge in [-0.3, -0.25) is 14.2 Å². The normalized spacial score (nSPS) is 12.5. The molecular formula is C21H25N3O2S2. The second-order valence-corrected chi connectivity index (χ2v) is 9.53. The molecule has 1 N–H and O–H groups in total. The number of carbonyl (C=O) groups is 1. The Labute approximate surface area is 173 Å². The summed E-state index contributed by atoms with van der Waals surface area (Å²) >= 11 is 2.82. The van der Waals surface area contributed by atoms with Gasteiger partial charge >= 0.3 is 0 Å². The van der Waals surface area contributed by atoms with Gasteiger partial charge in [-0.25, -0.2) is 4.98 Å². The van der Waals surface area contributed by atoms with Gasteiger partial charge in [0.25, 0.3) is 5.56 Å². The van der Waals surface area contributed by atoms with Gasteiger partial charge in [-0.1, -0.05) is 55.9 Å². The molecule has 5 nitrogen and oxygen atoms in total. The number of nitrogens with zero attached hydrogens (tertiary/aromatic N) is 2. The SMILES string of the molecule is CC(C)CCNC(=O)C(C)Sc1nc2sc(-c3ccccc3)cc2c(=O)n1C. The highest BCUT2D eigenvalue weighted by Crippen LogP contribution is 2.32. The number of amides is 1. The van der Waals surface area contributed by atoms with Crippen LogP contribution in [-0.4, -0.2) is 27.3 Å². The monoisotopic (exact) mass is 415 g/mol. The highest BCUT2D eigenvalue weighted by atomic mass is 32.2. The Balaban J connectivity index is 1.83. The zero-order valence-electron chi connectivity index (χ0n) is 16.6. The highest BCUT2D eigenvalue weighted by molar-refractivity contribution is 8.00. The van der Waals surface area contributed by atoms with Gasteiger partial charge in [0.1, 0.15) is 4.83 Å². The van der Waals surface area contributed by atoms with E-state index in [4.69, 9.17) is 0 Å². The average molecular weight is 416 g/mol. The van der Waals surface area contributed by atoms with Crippen LogP contribution in [0.1, 0.15) is 27.2 Å². The van der Waals surface area contributed by atoms with Gasteiger partial charge in [0.2, 0.25) is 5.91 Å². The van der Waals surface area contributed by atoms with Crippen molar-refractivity contribution >= 4 is 39.2 Å². The molecule has 3 rings (SSSR count). The maximum Gasteiger partial charge on any atom is 0.262 e. The first-order valence-electron chi connectivity index (χ1n) is 9.37. The standard InChI is InChI=1S/C21H25N3O2S2/c1-13(2)10-11-22-18(25)14(3)27-21-23-19-16(20(26)24(21)4)12-17(28-19)15-8-6-5-7-9-15/h5-9,12-14H,10-11H2,1-4H3,(H,22,25). The molecule has 0 bridgehead atoms. The first-order chi connectivity index (χ1) is 13.4. The minimum absolute atomic E-state index is 0.0313. The van der Waals surface area contributed by atoms with Gasteiger partial charge in [-0.05, 0) is 30.9 Å². The summed E-state index contributed by atoms with van der Waals surface area (Å²) in [5.41, 5.74) is 0.984. The third kappa shape index (κ3) is 4.64. The van der Waals surface area contributed by atoms with Crippen molar-refractivity contribution in [2.24, 2.45) is 13.0 Å². The van der Waals surface area contributed by atoms with Crippen LogP contribution >= 0.6 is 23.1 Å². The van der Waals surface area contributed by atoms with E-state index >= 15 is 0 Å². The van der Waals surface area contributed by atoms with Crippen LogP contribution in [0.15, 0.2) is 46.3 Å². The van der Waals surface area contributed by atoms with Crippen LogP contribution in [0.5, 0.6) is 0 Å².